The van der Waals surface area contributed by atoms with Crippen LogP contribution < -0.4 is 11.1 Å². The molecule has 1 aromatic rings. The molecule has 1 unspecified atom stereocenters. The lowest BCUT2D eigenvalue weighted by molar-refractivity contribution is -0.144. The van der Waals surface area contributed by atoms with E-state index in [1.807, 2.05) is 31.2 Å². The van der Waals surface area contributed by atoms with Gasteiger partial charge in [0, 0.05) is 0 Å². The van der Waals surface area contributed by atoms with Crippen molar-refractivity contribution < 1.29 is 9.90 Å². The Hall–Kier alpha value is -1.39. The minimum atomic E-state index is -1.05. The Labute approximate surface area is 102 Å². The summed E-state index contributed by atoms with van der Waals surface area (Å²) in [5.74, 6) is -0.877. The predicted octanol–water partition coefficient (Wildman–Crippen LogP) is 1.23. The maximum absolute atomic E-state index is 11.4. The average Bonchev–Trinajstić information content (AvgIpc) is 2.29. The van der Waals surface area contributed by atoms with Gasteiger partial charge in [-0.1, -0.05) is 29.8 Å². The summed E-state index contributed by atoms with van der Waals surface area (Å²) in [6, 6.07) is 7.53. The molecule has 0 saturated carbocycles. The molecule has 1 atom stereocenters. The summed E-state index contributed by atoms with van der Waals surface area (Å²) in [5.41, 5.74) is 6.22. The van der Waals surface area contributed by atoms with E-state index in [9.17, 15) is 9.90 Å². The summed E-state index contributed by atoms with van der Waals surface area (Å²) in [6.07, 6.45) is 0.759. The molecule has 0 aliphatic carbocycles. The SMILES string of the molecule is Cc1ccc(C(C)(NCCCN)C(=O)O)cc1. The Balaban J connectivity index is 2.90. The second-order valence-electron chi connectivity index (χ2n) is 4.37. The quantitative estimate of drug-likeness (QED) is 0.649. The van der Waals surface area contributed by atoms with Gasteiger partial charge in [-0.15, -0.1) is 0 Å². The molecule has 0 saturated heterocycles. The third kappa shape index (κ3) is 3.28. The molecule has 0 bridgehead atoms. The van der Waals surface area contributed by atoms with Gasteiger partial charge in [-0.3, -0.25) is 5.32 Å². The topological polar surface area (TPSA) is 75.3 Å². The van der Waals surface area contributed by atoms with E-state index in [-0.39, 0.29) is 0 Å². The number of carboxylic acids is 1. The maximum Gasteiger partial charge on any atom is 0.328 e. The zero-order valence-electron chi connectivity index (χ0n) is 10.4. The van der Waals surface area contributed by atoms with Crippen LogP contribution in [0.3, 0.4) is 0 Å². The number of hydrogen-bond donors (Lipinski definition) is 3. The van der Waals surface area contributed by atoms with Crippen LogP contribution in [-0.4, -0.2) is 24.2 Å². The minimum absolute atomic E-state index is 0.552. The summed E-state index contributed by atoms with van der Waals surface area (Å²) in [7, 11) is 0. The van der Waals surface area contributed by atoms with E-state index in [1.165, 1.54) is 0 Å². The van der Waals surface area contributed by atoms with Crippen molar-refractivity contribution in [2.24, 2.45) is 5.73 Å². The van der Waals surface area contributed by atoms with Crippen LogP contribution in [0.4, 0.5) is 0 Å². The van der Waals surface area contributed by atoms with Crippen molar-refractivity contribution in [1.82, 2.24) is 5.32 Å². The van der Waals surface area contributed by atoms with Gasteiger partial charge >= 0.3 is 5.97 Å². The van der Waals surface area contributed by atoms with Crippen molar-refractivity contribution in [1.29, 1.82) is 0 Å². The molecule has 0 heterocycles. The normalized spacial score (nSPS) is 14.3. The van der Waals surface area contributed by atoms with E-state index >= 15 is 0 Å². The zero-order valence-corrected chi connectivity index (χ0v) is 10.4. The maximum atomic E-state index is 11.4. The van der Waals surface area contributed by atoms with Crippen molar-refractivity contribution in [3.8, 4) is 0 Å². The first-order chi connectivity index (χ1) is 8.00. The van der Waals surface area contributed by atoms with Gasteiger partial charge in [0.2, 0.25) is 0 Å². The van der Waals surface area contributed by atoms with Gasteiger partial charge in [0.05, 0.1) is 0 Å². The molecule has 0 aromatic heterocycles. The van der Waals surface area contributed by atoms with Crippen molar-refractivity contribution in [2.45, 2.75) is 25.8 Å². The van der Waals surface area contributed by atoms with E-state index in [1.54, 1.807) is 6.92 Å². The van der Waals surface area contributed by atoms with Crippen LogP contribution in [0.5, 0.6) is 0 Å². The first kappa shape index (κ1) is 13.7. The van der Waals surface area contributed by atoms with Gasteiger partial charge in [-0.05, 0) is 38.9 Å². The second kappa shape index (κ2) is 5.80. The lowest BCUT2D eigenvalue weighted by atomic mass is 9.91. The summed E-state index contributed by atoms with van der Waals surface area (Å²) < 4.78 is 0. The van der Waals surface area contributed by atoms with Gasteiger partial charge in [-0.25, -0.2) is 4.79 Å². The zero-order chi connectivity index (χ0) is 12.9. The Morgan fingerprint density at radius 3 is 2.47 bits per heavy atom. The van der Waals surface area contributed by atoms with Gasteiger partial charge in [-0.2, -0.15) is 0 Å². The Morgan fingerprint density at radius 1 is 1.41 bits per heavy atom. The average molecular weight is 236 g/mol. The number of carbonyl (C=O) groups is 1. The number of nitrogens with two attached hydrogens (primary N) is 1. The molecule has 4 nitrogen and oxygen atoms in total. The monoisotopic (exact) mass is 236 g/mol. The van der Waals surface area contributed by atoms with Crippen molar-refractivity contribution in [3.05, 3.63) is 35.4 Å². The van der Waals surface area contributed by atoms with Crippen molar-refractivity contribution in [3.63, 3.8) is 0 Å². The second-order valence-corrected chi connectivity index (χ2v) is 4.37. The molecule has 0 radical (unpaired) electrons. The lowest BCUT2D eigenvalue weighted by Crippen LogP contribution is -2.47. The number of benzene rings is 1. The largest absolute Gasteiger partial charge is 0.480 e. The number of carboxylic acid groups (broad SMARTS) is 1. The molecule has 4 heteroatoms. The highest BCUT2D eigenvalue weighted by atomic mass is 16.4. The van der Waals surface area contributed by atoms with Crippen LogP contribution in [0.2, 0.25) is 0 Å². The van der Waals surface area contributed by atoms with Gasteiger partial charge in [0.1, 0.15) is 5.54 Å². The van der Waals surface area contributed by atoms with Crippen LogP contribution in [0, 0.1) is 6.92 Å². The number of aryl methyl sites for hydroxylation is 1. The molecule has 17 heavy (non-hydrogen) atoms. The number of rotatable bonds is 6. The highest BCUT2D eigenvalue weighted by Gasteiger charge is 2.34. The summed E-state index contributed by atoms with van der Waals surface area (Å²) >= 11 is 0. The summed E-state index contributed by atoms with van der Waals surface area (Å²) in [5, 5.41) is 12.4. The molecule has 0 aliphatic rings. The molecular formula is C13H20N2O2. The van der Waals surface area contributed by atoms with Crippen molar-refractivity contribution >= 4 is 5.97 Å². The van der Waals surface area contributed by atoms with Crippen LogP contribution in [0.15, 0.2) is 24.3 Å². The highest BCUT2D eigenvalue weighted by Crippen LogP contribution is 2.21. The molecule has 1 aromatic carbocycles. The van der Waals surface area contributed by atoms with E-state index in [4.69, 9.17) is 5.73 Å². The molecule has 0 spiro atoms. The summed E-state index contributed by atoms with van der Waals surface area (Å²) in [4.78, 5) is 11.4. The first-order valence-corrected chi connectivity index (χ1v) is 5.76. The van der Waals surface area contributed by atoms with Crippen LogP contribution in [0.1, 0.15) is 24.5 Å². The van der Waals surface area contributed by atoms with Gasteiger partial charge in [0.15, 0.2) is 0 Å². The predicted molar refractivity (Wildman–Crippen MR) is 67.8 cm³/mol. The van der Waals surface area contributed by atoms with Gasteiger partial charge in [0.25, 0.3) is 0 Å². The molecule has 0 fully saturated rings. The number of aliphatic carboxylic acids is 1. The fraction of sp³-hybridized carbons (Fsp3) is 0.462. The van der Waals surface area contributed by atoms with Crippen molar-refractivity contribution in [2.75, 3.05) is 13.1 Å². The third-order valence-corrected chi connectivity index (χ3v) is 2.92. The van der Waals surface area contributed by atoms with E-state index in [0.717, 1.165) is 17.5 Å². The Morgan fingerprint density at radius 2 is 2.00 bits per heavy atom. The fourth-order valence-electron chi connectivity index (χ4n) is 1.63. The number of nitrogens with one attached hydrogen (secondary N) is 1. The van der Waals surface area contributed by atoms with E-state index in [0.29, 0.717) is 13.1 Å². The third-order valence-electron chi connectivity index (χ3n) is 2.92. The summed E-state index contributed by atoms with van der Waals surface area (Å²) in [6.45, 7) is 4.80. The first-order valence-electron chi connectivity index (χ1n) is 5.76. The smallest absolute Gasteiger partial charge is 0.328 e. The highest BCUT2D eigenvalue weighted by molar-refractivity contribution is 5.80. The molecule has 1 rings (SSSR count). The lowest BCUT2D eigenvalue weighted by Gasteiger charge is -2.27. The van der Waals surface area contributed by atoms with E-state index in [2.05, 4.69) is 5.32 Å². The fourth-order valence-corrected chi connectivity index (χ4v) is 1.63. The standard InChI is InChI=1S/C13H20N2O2/c1-10-4-6-11(7-5-10)13(2,12(16)17)15-9-3-8-14/h4-7,15H,3,8-9,14H2,1-2H3,(H,16,17). The van der Waals surface area contributed by atoms with Gasteiger partial charge < -0.3 is 10.8 Å². The van der Waals surface area contributed by atoms with Crippen LogP contribution in [-0.2, 0) is 10.3 Å². The minimum Gasteiger partial charge on any atom is -0.480 e. The van der Waals surface area contributed by atoms with Crippen LogP contribution in [0.25, 0.3) is 0 Å². The Bertz CT molecular complexity index is 376. The molecular weight excluding hydrogens is 216 g/mol. The number of hydrogen-bond acceptors (Lipinski definition) is 3. The Kier molecular flexibility index (Phi) is 4.66. The molecule has 0 aliphatic heterocycles. The molecule has 0 amide bonds. The van der Waals surface area contributed by atoms with Crippen LogP contribution >= 0.6 is 0 Å². The molecule has 4 N–H and O–H groups in total. The van der Waals surface area contributed by atoms with E-state index < -0.39 is 11.5 Å². The molecule has 94 valence electrons.